The van der Waals surface area contributed by atoms with E-state index < -0.39 is 23.6 Å². The lowest BCUT2D eigenvalue weighted by Gasteiger charge is -2.26. The molecule has 5 heterocycles. The van der Waals surface area contributed by atoms with Gasteiger partial charge in [-0.05, 0) is 44.2 Å². The Morgan fingerprint density at radius 2 is 2.05 bits per heavy atom. The monoisotopic (exact) mass is 632 g/mol. The lowest BCUT2D eigenvalue weighted by atomic mass is 9.99. The highest BCUT2D eigenvalue weighted by molar-refractivity contribution is 6.33. The third kappa shape index (κ3) is 5.54. The maximum absolute atomic E-state index is 14.3. The predicted molar refractivity (Wildman–Crippen MR) is 156 cm³/mol. The largest absolute Gasteiger partial charge is 0.462 e. The average molecular weight is 633 g/mol. The van der Waals surface area contributed by atoms with Crippen LogP contribution in [0.4, 0.5) is 29.2 Å². The van der Waals surface area contributed by atoms with Crippen LogP contribution in [-0.2, 0) is 17.5 Å². The van der Waals surface area contributed by atoms with Crippen molar-refractivity contribution in [3.63, 3.8) is 0 Å². The third-order valence-electron chi connectivity index (χ3n) is 7.78. The molecule has 0 unspecified atom stereocenters. The number of halogens is 5. The van der Waals surface area contributed by atoms with Gasteiger partial charge < -0.3 is 31.2 Å². The van der Waals surface area contributed by atoms with E-state index in [1.165, 1.54) is 13.0 Å². The Balaban J connectivity index is 1.52. The van der Waals surface area contributed by atoms with Gasteiger partial charge in [0, 0.05) is 29.9 Å². The van der Waals surface area contributed by atoms with E-state index in [2.05, 4.69) is 20.3 Å². The van der Waals surface area contributed by atoms with Crippen molar-refractivity contribution in [1.29, 1.82) is 0 Å². The summed E-state index contributed by atoms with van der Waals surface area (Å²) in [7, 11) is 1.81. The second-order valence-electron chi connectivity index (χ2n) is 10.9. The molecule has 10 nitrogen and oxygen atoms in total. The number of hydrogen-bond donors (Lipinski definition) is 3. The summed E-state index contributed by atoms with van der Waals surface area (Å²) in [5.74, 6) is 0.863. The first-order valence-corrected chi connectivity index (χ1v) is 14.1. The zero-order chi connectivity index (χ0) is 31.3. The molecule has 1 saturated heterocycles. The number of nitrogens with zero attached hydrogens (tertiary/aromatic N) is 5. The first-order valence-electron chi connectivity index (χ1n) is 13.7. The van der Waals surface area contributed by atoms with Crippen LogP contribution in [-0.4, -0.2) is 58.8 Å². The van der Waals surface area contributed by atoms with Gasteiger partial charge in [0.05, 0.1) is 39.6 Å². The second-order valence-corrected chi connectivity index (χ2v) is 11.2. The van der Waals surface area contributed by atoms with Crippen LogP contribution in [0.3, 0.4) is 0 Å². The molecule has 3 aliphatic heterocycles. The van der Waals surface area contributed by atoms with Gasteiger partial charge in [-0.15, -0.1) is 0 Å². The number of nitrogens with one attached hydrogen (secondary N) is 1. The Bertz CT molecular complexity index is 1780. The van der Waals surface area contributed by atoms with Crippen LogP contribution in [0.25, 0.3) is 17.1 Å². The number of nitrogens with two attached hydrogens (primary N) is 2. The molecular formula is C29H29ClF4N8O2. The molecule has 2 atom stereocenters. The number of likely N-dealkylation sites (N-methyl/N-ethyl adjacent to an activating group) is 1. The quantitative estimate of drug-likeness (QED) is 0.351. The summed E-state index contributed by atoms with van der Waals surface area (Å²) in [6.07, 6.45) is -2.26. The molecule has 0 radical (unpaired) electrons. The van der Waals surface area contributed by atoms with Crippen LogP contribution >= 0.6 is 11.6 Å². The van der Waals surface area contributed by atoms with Gasteiger partial charge in [0.2, 0.25) is 0 Å². The molecule has 3 aromatic rings. The molecule has 0 bridgehead atoms. The fourth-order valence-corrected chi connectivity index (χ4v) is 6.00. The molecule has 2 aromatic heterocycles. The number of aryl methyl sites for hydroxylation is 1. The molecule has 3 aliphatic rings. The first-order chi connectivity index (χ1) is 20.9. The van der Waals surface area contributed by atoms with E-state index in [-0.39, 0.29) is 71.4 Å². The number of rotatable bonds is 6. The summed E-state index contributed by atoms with van der Waals surface area (Å²) in [6.45, 7) is 1.98. The molecular weight excluding hydrogens is 604 g/mol. The first kappa shape index (κ1) is 29.8. The van der Waals surface area contributed by atoms with Crippen molar-refractivity contribution in [3.05, 3.63) is 74.9 Å². The van der Waals surface area contributed by atoms with Crippen LogP contribution < -0.4 is 32.1 Å². The number of nitrogen functional groups attached to an aromatic ring is 2. The smallest absolute Gasteiger partial charge is 0.418 e. The highest BCUT2D eigenvalue weighted by Gasteiger charge is 2.38. The number of benzene rings is 1. The Kier molecular flexibility index (Phi) is 7.66. The van der Waals surface area contributed by atoms with Crippen molar-refractivity contribution >= 4 is 29.1 Å². The summed E-state index contributed by atoms with van der Waals surface area (Å²) >= 11 is 6.83. The van der Waals surface area contributed by atoms with Crippen molar-refractivity contribution in [2.45, 2.75) is 38.3 Å². The molecule has 6 rings (SSSR count). The summed E-state index contributed by atoms with van der Waals surface area (Å²) in [4.78, 5) is 16.4. The SMILES string of the molecule is Cc1cc(N)nc(-c2cc3c4c(c2Cl)=NCNC=4N(Cc2cccnc2N)C=C(OC[C@@H]2C[C@@H](F)CN2C)O3)c1C(F)(F)F. The number of ether oxygens (including phenoxy) is 2. The minimum atomic E-state index is -4.75. The van der Waals surface area contributed by atoms with Gasteiger partial charge in [0.25, 0.3) is 0 Å². The molecule has 5 N–H and O–H groups in total. The molecule has 0 amide bonds. The number of likely N-dealkylation sites (tertiary alicyclic amines) is 1. The number of aromatic nitrogens is 2. The minimum Gasteiger partial charge on any atom is -0.462 e. The van der Waals surface area contributed by atoms with Crippen molar-refractivity contribution < 1.29 is 27.0 Å². The lowest BCUT2D eigenvalue weighted by molar-refractivity contribution is -0.137. The Hall–Kier alpha value is -4.30. The fraction of sp³-hybridized carbons (Fsp3) is 0.345. The van der Waals surface area contributed by atoms with Crippen LogP contribution in [0.5, 0.6) is 5.75 Å². The summed E-state index contributed by atoms with van der Waals surface area (Å²) in [5, 5.41) is 3.77. The topological polar surface area (TPSA) is 127 Å². The van der Waals surface area contributed by atoms with Crippen LogP contribution in [0, 0.1) is 6.92 Å². The molecule has 44 heavy (non-hydrogen) atoms. The minimum absolute atomic E-state index is 0.0232. The fourth-order valence-electron chi connectivity index (χ4n) is 5.70. The number of pyridine rings is 2. The maximum Gasteiger partial charge on any atom is 0.418 e. The van der Waals surface area contributed by atoms with Crippen molar-refractivity contribution in [3.8, 4) is 17.0 Å². The number of alkyl halides is 4. The van der Waals surface area contributed by atoms with E-state index in [1.807, 2.05) is 18.0 Å². The maximum atomic E-state index is 14.3. The zero-order valence-electron chi connectivity index (χ0n) is 23.8. The van der Waals surface area contributed by atoms with E-state index in [0.29, 0.717) is 28.8 Å². The number of hydrogen-bond acceptors (Lipinski definition) is 10. The Morgan fingerprint density at radius 1 is 1.25 bits per heavy atom. The molecule has 1 fully saturated rings. The predicted octanol–water partition coefficient (Wildman–Crippen LogP) is 3.29. The van der Waals surface area contributed by atoms with Gasteiger partial charge in [-0.2, -0.15) is 13.2 Å². The van der Waals surface area contributed by atoms with E-state index in [0.717, 1.165) is 6.07 Å². The van der Waals surface area contributed by atoms with Crippen LogP contribution in [0.1, 0.15) is 23.1 Å². The molecule has 15 heteroatoms. The van der Waals surface area contributed by atoms with Gasteiger partial charge in [-0.1, -0.05) is 17.7 Å². The second kappa shape index (κ2) is 11.3. The van der Waals surface area contributed by atoms with Crippen LogP contribution in [0.15, 0.2) is 47.6 Å². The Morgan fingerprint density at radius 3 is 2.75 bits per heavy atom. The summed E-state index contributed by atoms with van der Waals surface area (Å²) in [5.41, 5.74) is 11.1. The highest BCUT2D eigenvalue weighted by atomic mass is 35.5. The van der Waals surface area contributed by atoms with E-state index >= 15 is 0 Å². The molecule has 0 aliphatic carbocycles. The van der Waals surface area contributed by atoms with Gasteiger partial charge in [-0.25, -0.2) is 14.4 Å². The molecule has 0 spiro atoms. The molecule has 232 valence electrons. The van der Waals surface area contributed by atoms with E-state index in [9.17, 15) is 17.6 Å². The number of anilines is 2. The Labute approximate surface area is 254 Å². The van der Waals surface area contributed by atoms with Crippen LogP contribution in [0.2, 0.25) is 5.02 Å². The van der Waals surface area contributed by atoms with Gasteiger partial charge in [0.15, 0.2) is 0 Å². The van der Waals surface area contributed by atoms with Gasteiger partial charge in [-0.3, -0.25) is 9.89 Å². The van der Waals surface area contributed by atoms with E-state index in [4.69, 9.17) is 32.5 Å². The lowest BCUT2D eigenvalue weighted by Crippen LogP contribution is -2.44. The molecule has 0 saturated carbocycles. The average Bonchev–Trinajstić information content (AvgIpc) is 3.19. The summed E-state index contributed by atoms with van der Waals surface area (Å²) in [6, 6.07) is 5.88. The molecule has 1 aromatic carbocycles. The van der Waals surface area contributed by atoms with Crippen molar-refractivity contribution in [2.24, 2.45) is 4.99 Å². The van der Waals surface area contributed by atoms with Crippen molar-refractivity contribution in [1.82, 2.24) is 25.1 Å². The summed E-state index contributed by atoms with van der Waals surface area (Å²) < 4.78 is 69.3. The highest BCUT2D eigenvalue weighted by Crippen LogP contribution is 2.41. The zero-order valence-corrected chi connectivity index (χ0v) is 24.5. The van der Waals surface area contributed by atoms with Gasteiger partial charge in [0.1, 0.15) is 42.7 Å². The standard InChI is InChI=1S/C29H29ClF4N8O2/c1-14-6-20(35)40-25(23(14)29(32,33)34)18-8-19-22-26(24(18)30)38-13-39-28(22)42(9-15-4-3-5-37-27(15)36)11-21(44-19)43-12-17-7-16(31)10-41(17)2/h3-6,8,11,16-17,39H,7,9-10,12-13H2,1-2H3,(H2,35,40)(H2,36,37)/t16-,17+/m1/s1. The van der Waals surface area contributed by atoms with Crippen molar-refractivity contribution in [2.75, 3.05) is 38.3 Å². The third-order valence-corrected chi connectivity index (χ3v) is 8.16. The van der Waals surface area contributed by atoms with Gasteiger partial charge >= 0.3 is 12.1 Å². The van der Waals surface area contributed by atoms with E-state index in [1.54, 1.807) is 23.4 Å². The normalized spacial score (nSPS) is 19.8.